The van der Waals surface area contributed by atoms with Gasteiger partial charge < -0.3 is 30.3 Å². The molecule has 0 bridgehead atoms. The molecule has 3 amide bonds. The van der Waals surface area contributed by atoms with Crippen LogP contribution in [0.2, 0.25) is 0 Å². The number of urea groups is 1. The van der Waals surface area contributed by atoms with Crippen molar-refractivity contribution in [2.24, 2.45) is 11.0 Å². The third-order valence-corrected chi connectivity index (χ3v) is 9.93. The summed E-state index contributed by atoms with van der Waals surface area (Å²) in [5, 5.41) is 19.7. The number of aryl methyl sites for hydroxylation is 2. The first-order valence-corrected chi connectivity index (χ1v) is 18.0. The molecule has 3 atom stereocenters. The molecule has 2 aromatic rings. The van der Waals surface area contributed by atoms with Gasteiger partial charge in [0, 0.05) is 55.8 Å². The van der Waals surface area contributed by atoms with Gasteiger partial charge in [-0.3, -0.25) is 9.59 Å². The standard InChI is InChI=1S/C36H49FN8O5/c37-30-23-27(12-14-32(30)50-21-15-25-6-3-8-29(22-25)41-33(46)10-1-2-17-40-43-38)31(24-34(47)48)45-20-19-44(36(45)49)18-5-9-28-13-11-26-7-4-16-39-35(26)42-28/h11-14,23,25,29,31H,1-10,15-22,24H2,(H,39,42)(H,41,46)(H,47,48)/t25?,29-,31-/m0/s1. The van der Waals surface area contributed by atoms with Crippen molar-refractivity contribution in [2.45, 2.75) is 95.6 Å². The fourth-order valence-corrected chi connectivity index (χ4v) is 7.30. The number of carboxylic acid groups (broad SMARTS) is 1. The molecule has 1 saturated carbocycles. The third-order valence-electron chi connectivity index (χ3n) is 9.93. The summed E-state index contributed by atoms with van der Waals surface area (Å²) in [6.45, 7) is 2.99. The zero-order chi connectivity index (χ0) is 35.3. The second kappa shape index (κ2) is 18.4. The molecule has 1 saturated heterocycles. The molecule has 3 aliphatic rings. The van der Waals surface area contributed by atoms with Gasteiger partial charge in [-0.2, -0.15) is 0 Å². The number of benzene rings is 1. The number of anilines is 1. The predicted molar refractivity (Wildman–Crippen MR) is 186 cm³/mol. The lowest BCUT2D eigenvalue weighted by molar-refractivity contribution is -0.138. The lowest BCUT2D eigenvalue weighted by Crippen LogP contribution is -2.38. The number of nitrogens with one attached hydrogen (secondary N) is 2. The Hall–Kier alpha value is -4.58. The molecule has 5 rings (SSSR count). The molecule has 2 aliphatic heterocycles. The van der Waals surface area contributed by atoms with Gasteiger partial charge in [-0.25, -0.2) is 14.2 Å². The van der Waals surface area contributed by atoms with Crippen LogP contribution >= 0.6 is 0 Å². The van der Waals surface area contributed by atoms with Gasteiger partial charge in [-0.15, -0.1) is 0 Å². The number of nitrogens with zero attached hydrogens (tertiary/aromatic N) is 6. The van der Waals surface area contributed by atoms with E-state index < -0.39 is 17.8 Å². The number of carboxylic acids is 1. The van der Waals surface area contributed by atoms with E-state index >= 15 is 4.39 Å². The van der Waals surface area contributed by atoms with Crippen LogP contribution in [0.1, 0.15) is 93.5 Å². The Balaban J connectivity index is 1.08. The summed E-state index contributed by atoms with van der Waals surface area (Å²) in [6, 6.07) is 7.67. The van der Waals surface area contributed by atoms with E-state index in [0.717, 1.165) is 75.8 Å². The number of ether oxygens (including phenoxy) is 1. The molecular formula is C36H49FN8O5. The van der Waals surface area contributed by atoms with E-state index in [2.05, 4.69) is 26.7 Å². The number of amides is 3. The van der Waals surface area contributed by atoms with Crippen LogP contribution in [0.5, 0.6) is 5.75 Å². The Bertz CT molecular complexity index is 1540. The van der Waals surface area contributed by atoms with Crippen molar-refractivity contribution in [2.75, 3.05) is 44.6 Å². The lowest BCUT2D eigenvalue weighted by Gasteiger charge is -2.30. The number of unbranched alkanes of at least 4 members (excludes halogenated alkanes) is 1. The van der Waals surface area contributed by atoms with Gasteiger partial charge in [0.15, 0.2) is 11.6 Å². The molecule has 0 spiro atoms. The van der Waals surface area contributed by atoms with Gasteiger partial charge in [0.1, 0.15) is 5.82 Å². The maximum Gasteiger partial charge on any atom is 0.320 e. The number of carbonyl (C=O) groups is 3. The molecule has 1 aromatic carbocycles. The molecule has 3 heterocycles. The monoisotopic (exact) mass is 692 g/mol. The maximum absolute atomic E-state index is 15.3. The number of azide groups is 1. The largest absolute Gasteiger partial charge is 0.491 e. The van der Waals surface area contributed by atoms with E-state index in [1.54, 1.807) is 11.0 Å². The van der Waals surface area contributed by atoms with Crippen molar-refractivity contribution in [3.05, 3.63) is 63.4 Å². The van der Waals surface area contributed by atoms with Crippen molar-refractivity contribution in [3.63, 3.8) is 0 Å². The number of rotatable bonds is 18. The minimum Gasteiger partial charge on any atom is -0.491 e. The highest BCUT2D eigenvalue weighted by Gasteiger charge is 2.35. The zero-order valence-electron chi connectivity index (χ0n) is 28.7. The zero-order valence-corrected chi connectivity index (χ0v) is 28.7. The van der Waals surface area contributed by atoms with Gasteiger partial charge in [0.05, 0.1) is 19.1 Å². The molecule has 1 aromatic heterocycles. The lowest BCUT2D eigenvalue weighted by atomic mass is 9.84. The molecule has 270 valence electrons. The van der Waals surface area contributed by atoms with Crippen LogP contribution in [0, 0.1) is 11.7 Å². The first-order chi connectivity index (χ1) is 24.3. The number of carbonyl (C=O) groups excluding carboxylic acids is 2. The number of halogens is 1. The topological polar surface area (TPSA) is 173 Å². The molecular weight excluding hydrogens is 643 g/mol. The maximum atomic E-state index is 15.3. The Morgan fingerprint density at radius 3 is 2.88 bits per heavy atom. The van der Waals surface area contributed by atoms with Gasteiger partial charge >= 0.3 is 12.0 Å². The average Bonchev–Trinajstić information content (AvgIpc) is 3.47. The van der Waals surface area contributed by atoms with Crippen LogP contribution < -0.4 is 15.4 Å². The molecule has 2 fully saturated rings. The fraction of sp³-hybridized carbons (Fsp3) is 0.611. The van der Waals surface area contributed by atoms with Gasteiger partial charge in [0.25, 0.3) is 0 Å². The van der Waals surface area contributed by atoms with Crippen molar-refractivity contribution < 1.29 is 28.6 Å². The molecule has 1 unspecified atom stereocenters. The van der Waals surface area contributed by atoms with Crippen molar-refractivity contribution in [1.29, 1.82) is 0 Å². The normalized spacial score (nSPS) is 19.3. The van der Waals surface area contributed by atoms with Gasteiger partial charge in [-0.05, 0) is 98.6 Å². The minimum atomic E-state index is -1.07. The number of fused-ring (bicyclic) bond motifs is 1. The number of hydrogen-bond donors (Lipinski definition) is 3. The summed E-state index contributed by atoms with van der Waals surface area (Å²) in [5.74, 6) is -0.271. The van der Waals surface area contributed by atoms with E-state index in [4.69, 9.17) is 15.3 Å². The summed E-state index contributed by atoms with van der Waals surface area (Å²) < 4.78 is 21.1. The fourth-order valence-electron chi connectivity index (χ4n) is 7.30. The Morgan fingerprint density at radius 1 is 1.18 bits per heavy atom. The number of hydrogen-bond acceptors (Lipinski definition) is 7. The summed E-state index contributed by atoms with van der Waals surface area (Å²) in [5.41, 5.74) is 11.0. The first kappa shape index (κ1) is 36.7. The predicted octanol–water partition coefficient (Wildman–Crippen LogP) is 6.39. The summed E-state index contributed by atoms with van der Waals surface area (Å²) in [6.07, 6.45) is 9.53. The minimum absolute atomic E-state index is 0.00999. The SMILES string of the molecule is [N-]=[N+]=NCCCCC(=O)N[C@H]1CCCC(CCOc2ccc([C@H](CC(=O)O)N3CCN(CCCc4ccc5c(n4)NCCC5)C3=O)cc2F)C1. The van der Waals surface area contributed by atoms with Crippen LogP contribution in [-0.4, -0.2) is 83.2 Å². The quantitative estimate of drug-likeness (QED) is 0.0703. The second-order valence-corrected chi connectivity index (χ2v) is 13.6. The summed E-state index contributed by atoms with van der Waals surface area (Å²) in [4.78, 5) is 48.3. The van der Waals surface area contributed by atoms with Crippen LogP contribution in [0.4, 0.5) is 15.0 Å². The van der Waals surface area contributed by atoms with E-state index in [9.17, 15) is 19.5 Å². The van der Waals surface area contributed by atoms with Crippen molar-refractivity contribution in [1.82, 2.24) is 20.1 Å². The van der Waals surface area contributed by atoms with Crippen molar-refractivity contribution in [3.8, 4) is 5.75 Å². The van der Waals surface area contributed by atoms with Crippen LogP contribution in [0.25, 0.3) is 10.4 Å². The molecule has 0 radical (unpaired) electrons. The second-order valence-electron chi connectivity index (χ2n) is 13.6. The van der Waals surface area contributed by atoms with Crippen LogP contribution in [0.15, 0.2) is 35.4 Å². The first-order valence-electron chi connectivity index (χ1n) is 18.0. The summed E-state index contributed by atoms with van der Waals surface area (Å²) >= 11 is 0. The van der Waals surface area contributed by atoms with Crippen LogP contribution in [0.3, 0.4) is 0 Å². The van der Waals surface area contributed by atoms with E-state index in [1.165, 1.54) is 22.6 Å². The van der Waals surface area contributed by atoms with Gasteiger partial charge in [-0.1, -0.05) is 30.1 Å². The van der Waals surface area contributed by atoms with E-state index in [0.29, 0.717) is 63.5 Å². The third kappa shape index (κ3) is 10.5. The van der Waals surface area contributed by atoms with Crippen LogP contribution in [-0.2, 0) is 22.4 Å². The Labute approximate surface area is 292 Å². The molecule has 50 heavy (non-hydrogen) atoms. The summed E-state index contributed by atoms with van der Waals surface area (Å²) in [7, 11) is 0. The molecule has 1 aliphatic carbocycles. The highest BCUT2D eigenvalue weighted by molar-refractivity contribution is 5.78. The Morgan fingerprint density at radius 2 is 2.06 bits per heavy atom. The number of aromatic nitrogens is 1. The highest BCUT2D eigenvalue weighted by atomic mass is 19.1. The molecule has 3 N–H and O–H groups in total. The number of aliphatic carboxylic acids is 1. The van der Waals surface area contributed by atoms with Gasteiger partial charge in [0.2, 0.25) is 5.91 Å². The van der Waals surface area contributed by atoms with Crippen molar-refractivity contribution >= 4 is 23.7 Å². The van der Waals surface area contributed by atoms with E-state index in [-0.39, 0.29) is 30.2 Å². The molecule has 13 nitrogen and oxygen atoms in total. The van der Waals surface area contributed by atoms with E-state index in [1.807, 2.05) is 6.07 Å². The highest BCUT2D eigenvalue weighted by Crippen LogP contribution is 2.32. The average molecular weight is 693 g/mol. The smallest absolute Gasteiger partial charge is 0.320 e. The number of pyridine rings is 1. The molecule has 14 heteroatoms. The Kier molecular flexibility index (Phi) is 13.5.